The monoisotopic (exact) mass is 362 g/mol. The summed E-state index contributed by atoms with van der Waals surface area (Å²) in [4.78, 5) is 22.9. The van der Waals surface area contributed by atoms with Crippen molar-refractivity contribution in [2.75, 3.05) is 10.6 Å². The van der Waals surface area contributed by atoms with Gasteiger partial charge in [0.25, 0.3) is 0 Å². The van der Waals surface area contributed by atoms with Gasteiger partial charge in [0.2, 0.25) is 0 Å². The molecule has 0 saturated carbocycles. The molecule has 0 bridgehead atoms. The summed E-state index contributed by atoms with van der Waals surface area (Å²) < 4.78 is 0. The van der Waals surface area contributed by atoms with E-state index in [1.54, 1.807) is 36.4 Å². The highest BCUT2D eigenvalue weighted by molar-refractivity contribution is 5.97. The van der Waals surface area contributed by atoms with Crippen molar-refractivity contribution in [2.24, 2.45) is 0 Å². The van der Waals surface area contributed by atoms with Crippen molar-refractivity contribution < 1.29 is 19.8 Å². The van der Waals surface area contributed by atoms with E-state index in [0.717, 1.165) is 5.56 Å². The molecule has 0 fully saturated rings. The molecule has 3 aromatic rings. The number of carbonyl (C=O) groups is 2. The number of hydrogen-bond acceptors (Lipinski definition) is 4. The van der Waals surface area contributed by atoms with Crippen LogP contribution in [0.4, 0.5) is 22.7 Å². The first-order valence-electron chi connectivity index (χ1n) is 8.25. The number of carboxylic acids is 2. The first kappa shape index (κ1) is 18.0. The van der Waals surface area contributed by atoms with Gasteiger partial charge in [0.1, 0.15) is 0 Å². The summed E-state index contributed by atoms with van der Waals surface area (Å²) in [5.41, 5.74) is 3.44. The molecule has 0 amide bonds. The second kappa shape index (κ2) is 7.61. The molecule has 6 heteroatoms. The van der Waals surface area contributed by atoms with E-state index in [2.05, 4.69) is 10.6 Å². The molecular weight excluding hydrogens is 344 g/mol. The van der Waals surface area contributed by atoms with E-state index >= 15 is 0 Å². The zero-order chi connectivity index (χ0) is 19.4. The number of para-hydroxylation sites is 2. The van der Waals surface area contributed by atoms with Crippen molar-refractivity contribution in [1.29, 1.82) is 0 Å². The number of hydrogen-bond donors (Lipinski definition) is 4. The number of rotatable bonds is 6. The van der Waals surface area contributed by atoms with Gasteiger partial charge in [-0.05, 0) is 48.9 Å². The quantitative estimate of drug-likeness (QED) is 0.499. The fraction of sp³-hybridized carbons (Fsp3) is 0.0476. The smallest absolute Gasteiger partial charge is 0.337 e. The van der Waals surface area contributed by atoms with Gasteiger partial charge in [0.05, 0.1) is 33.9 Å². The molecule has 0 radical (unpaired) electrons. The number of aryl methyl sites for hydroxylation is 1. The third-order valence-corrected chi connectivity index (χ3v) is 4.03. The summed E-state index contributed by atoms with van der Waals surface area (Å²) in [6, 6.07) is 18.8. The largest absolute Gasteiger partial charge is 0.478 e. The van der Waals surface area contributed by atoms with Gasteiger partial charge in [0, 0.05) is 0 Å². The molecule has 0 spiro atoms. The number of aromatic carboxylic acids is 2. The zero-order valence-electron chi connectivity index (χ0n) is 14.6. The van der Waals surface area contributed by atoms with Crippen molar-refractivity contribution in [3.8, 4) is 0 Å². The minimum Gasteiger partial charge on any atom is -0.478 e. The van der Waals surface area contributed by atoms with Crippen LogP contribution in [0.3, 0.4) is 0 Å². The molecule has 0 aromatic heterocycles. The summed E-state index contributed by atoms with van der Waals surface area (Å²) in [6.45, 7) is 1.92. The molecule has 0 saturated heterocycles. The number of carboxylic acid groups (broad SMARTS) is 2. The lowest BCUT2D eigenvalue weighted by molar-refractivity contribution is 0.0687. The number of anilines is 4. The SMILES string of the molecule is Cc1ccc(Nc2ccccc2C(=O)O)c(Nc2ccccc2C(=O)O)c1. The Morgan fingerprint density at radius 2 is 1.15 bits per heavy atom. The lowest BCUT2D eigenvalue weighted by atomic mass is 10.1. The lowest BCUT2D eigenvalue weighted by Gasteiger charge is -2.17. The van der Waals surface area contributed by atoms with Crippen LogP contribution in [0.2, 0.25) is 0 Å². The van der Waals surface area contributed by atoms with E-state index in [1.807, 2.05) is 25.1 Å². The maximum atomic E-state index is 11.5. The Hall–Kier alpha value is -3.80. The van der Waals surface area contributed by atoms with E-state index in [9.17, 15) is 19.8 Å². The molecule has 27 heavy (non-hydrogen) atoms. The van der Waals surface area contributed by atoms with Crippen LogP contribution in [0.25, 0.3) is 0 Å². The third-order valence-electron chi connectivity index (χ3n) is 4.03. The number of nitrogens with one attached hydrogen (secondary N) is 2. The highest BCUT2D eigenvalue weighted by Gasteiger charge is 2.13. The fourth-order valence-corrected chi connectivity index (χ4v) is 2.72. The van der Waals surface area contributed by atoms with Crippen molar-refractivity contribution in [1.82, 2.24) is 0 Å². The highest BCUT2D eigenvalue weighted by atomic mass is 16.4. The molecule has 6 nitrogen and oxygen atoms in total. The minimum atomic E-state index is -1.03. The molecule has 0 unspecified atom stereocenters. The summed E-state index contributed by atoms with van der Waals surface area (Å²) in [6.07, 6.45) is 0. The summed E-state index contributed by atoms with van der Waals surface area (Å²) in [5.74, 6) is -2.06. The Bertz CT molecular complexity index is 1010. The fourth-order valence-electron chi connectivity index (χ4n) is 2.72. The average molecular weight is 362 g/mol. The Balaban J connectivity index is 2.00. The van der Waals surface area contributed by atoms with E-state index in [-0.39, 0.29) is 11.1 Å². The predicted octanol–water partition coefficient (Wildman–Crippen LogP) is 4.88. The van der Waals surface area contributed by atoms with Crippen LogP contribution in [0, 0.1) is 6.92 Å². The van der Waals surface area contributed by atoms with Gasteiger partial charge in [-0.25, -0.2) is 9.59 Å². The van der Waals surface area contributed by atoms with Crippen LogP contribution in [0.15, 0.2) is 66.7 Å². The molecule has 0 aliphatic carbocycles. The third kappa shape index (κ3) is 4.07. The Morgan fingerprint density at radius 3 is 1.67 bits per heavy atom. The summed E-state index contributed by atoms with van der Waals surface area (Å²) in [7, 11) is 0. The Morgan fingerprint density at radius 1 is 0.667 bits per heavy atom. The molecular formula is C21H18N2O4. The first-order valence-corrected chi connectivity index (χ1v) is 8.25. The van der Waals surface area contributed by atoms with Crippen LogP contribution in [0.1, 0.15) is 26.3 Å². The van der Waals surface area contributed by atoms with Crippen LogP contribution in [-0.2, 0) is 0 Å². The molecule has 3 rings (SSSR count). The molecule has 4 N–H and O–H groups in total. The standard InChI is InChI=1S/C21H18N2O4/c1-13-10-11-18(22-16-8-4-2-6-14(16)20(24)25)19(12-13)23-17-9-5-3-7-15(17)21(26)27/h2-12,22-23H,1H3,(H,24,25)(H,26,27). The van der Waals surface area contributed by atoms with E-state index in [1.165, 1.54) is 12.1 Å². The maximum Gasteiger partial charge on any atom is 0.337 e. The number of benzene rings is 3. The first-order chi connectivity index (χ1) is 13.0. The second-order valence-electron chi connectivity index (χ2n) is 6.00. The van der Waals surface area contributed by atoms with E-state index in [0.29, 0.717) is 22.7 Å². The van der Waals surface area contributed by atoms with Crippen LogP contribution >= 0.6 is 0 Å². The molecule has 0 atom stereocenters. The van der Waals surface area contributed by atoms with Gasteiger partial charge >= 0.3 is 11.9 Å². The Kier molecular flexibility index (Phi) is 5.08. The van der Waals surface area contributed by atoms with Gasteiger partial charge in [-0.2, -0.15) is 0 Å². The zero-order valence-corrected chi connectivity index (χ0v) is 14.6. The van der Waals surface area contributed by atoms with E-state index < -0.39 is 11.9 Å². The van der Waals surface area contributed by atoms with Crippen molar-refractivity contribution in [2.45, 2.75) is 6.92 Å². The summed E-state index contributed by atoms with van der Waals surface area (Å²) in [5, 5.41) is 25.0. The second-order valence-corrected chi connectivity index (χ2v) is 6.00. The van der Waals surface area contributed by atoms with Crippen LogP contribution in [-0.4, -0.2) is 22.2 Å². The molecule has 136 valence electrons. The van der Waals surface area contributed by atoms with Crippen LogP contribution < -0.4 is 10.6 Å². The van der Waals surface area contributed by atoms with E-state index in [4.69, 9.17) is 0 Å². The average Bonchev–Trinajstić information content (AvgIpc) is 2.64. The van der Waals surface area contributed by atoms with Crippen molar-refractivity contribution in [3.05, 3.63) is 83.4 Å². The highest BCUT2D eigenvalue weighted by Crippen LogP contribution is 2.31. The predicted molar refractivity (Wildman–Crippen MR) is 105 cm³/mol. The normalized spacial score (nSPS) is 10.3. The minimum absolute atomic E-state index is 0.148. The maximum absolute atomic E-state index is 11.5. The summed E-state index contributed by atoms with van der Waals surface area (Å²) >= 11 is 0. The van der Waals surface area contributed by atoms with Gasteiger partial charge in [-0.15, -0.1) is 0 Å². The van der Waals surface area contributed by atoms with Gasteiger partial charge in [0.15, 0.2) is 0 Å². The van der Waals surface area contributed by atoms with Crippen LogP contribution in [0.5, 0.6) is 0 Å². The molecule has 0 heterocycles. The molecule has 0 aliphatic heterocycles. The molecule has 0 aliphatic rings. The van der Waals surface area contributed by atoms with Gasteiger partial charge in [-0.1, -0.05) is 30.3 Å². The van der Waals surface area contributed by atoms with Crippen molar-refractivity contribution in [3.63, 3.8) is 0 Å². The van der Waals surface area contributed by atoms with Crippen molar-refractivity contribution >= 4 is 34.7 Å². The lowest BCUT2D eigenvalue weighted by Crippen LogP contribution is -2.06. The van der Waals surface area contributed by atoms with Gasteiger partial charge < -0.3 is 20.8 Å². The topological polar surface area (TPSA) is 98.7 Å². The van der Waals surface area contributed by atoms with Gasteiger partial charge in [-0.3, -0.25) is 0 Å². The molecule has 3 aromatic carbocycles. The Labute approximate surface area is 156 Å².